The molecule has 40 heavy (non-hydrogen) atoms. The zero-order chi connectivity index (χ0) is 29.2. The summed E-state index contributed by atoms with van der Waals surface area (Å²) in [5.74, 6) is 0.110. The number of benzene rings is 1. The third-order valence-electron chi connectivity index (χ3n) is 6.38. The highest BCUT2D eigenvalue weighted by molar-refractivity contribution is 6.31. The van der Waals surface area contributed by atoms with Crippen molar-refractivity contribution in [1.82, 2.24) is 39.3 Å². The van der Waals surface area contributed by atoms with Gasteiger partial charge in [0, 0.05) is 61.6 Å². The van der Waals surface area contributed by atoms with Gasteiger partial charge in [-0.05, 0) is 52.8 Å². The van der Waals surface area contributed by atoms with E-state index in [0.717, 1.165) is 17.8 Å². The molecule has 3 heterocycles. The van der Waals surface area contributed by atoms with Crippen molar-refractivity contribution in [2.45, 2.75) is 59.9 Å². The highest BCUT2D eigenvalue weighted by atomic mass is 35.5. The number of amides is 2. The molecule has 3 aromatic heterocycles. The Kier molecular flexibility index (Phi) is 8.43. The number of hydrogen-bond acceptors (Lipinski definition) is 7. The Bertz CT molecular complexity index is 1540. The van der Waals surface area contributed by atoms with Crippen LogP contribution in [0.4, 0.5) is 4.79 Å². The number of halogens is 1. The zero-order valence-corrected chi connectivity index (χ0v) is 24.7. The fourth-order valence-electron chi connectivity index (χ4n) is 4.15. The number of rotatable bonds is 8. The molecule has 4 aromatic rings. The molecule has 0 aliphatic carbocycles. The summed E-state index contributed by atoms with van der Waals surface area (Å²) in [6.07, 6.45) is 4.82. The predicted molar refractivity (Wildman–Crippen MR) is 153 cm³/mol. The molecule has 0 saturated heterocycles. The normalized spacial score (nSPS) is 11.6. The molecule has 212 valence electrons. The number of carbonyl (C=O) groups excluding carboxylic acids is 2. The quantitative estimate of drug-likeness (QED) is 0.301. The van der Waals surface area contributed by atoms with Crippen molar-refractivity contribution >= 4 is 34.5 Å². The summed E-state index contributed by atoms with van der Waals surface area (Å²) in [4.78, 5) is 38.4. The first-order valence-corrected chi connectivity index (χ1v) is 13.4. The molecule has 12 heteroatoms. The second kappa shape index (κ2) is 11.6. The maximum Gasteiger partial charge on any atom is 0.410 e. The van der Waals surface area contributed by atoms with Crippen molar-refractivity contribution in [3.8, 4) is 11.4 Å². The molecule has 11 nitrogen and oxygen atoms in total. The summed E-state index contributed by atoms with van der Waals surface area (Å²) in [5, 5.41) is 9.85. The molecule has 0 spiro atoms. The van der Waals surface area contributed by atoms with Crippen molar-refractivity contribution in [3.05, 3.63) is 58.8 Å². The highest BCUT2D eigenvalue weighted by Gasteiger charge is 2.22. The third-order valence-corrected chi connectivity index (χ3v) is 6.62. The van der Waals surface area contributed by atoms with E-state index in [1.807, 2.05) is 39.3 Å². The molecule has 0 fully saturated rings. The largest absolute Gasteiger partial charge is 0.444 e. The first kappa shape index (κ1) is 29.0. The Morgan fingerprint density at radius 3 is 2.50 bits per heavy atom. The van der Waals surface area contributed by atoms with Crippen molar-refractivity contribution in [2.24, 2.45) is 0 Å². The van der Waals surface area contributed by atoms with Gasteiger partial charge in [-0.3, -0.25) is 14.2 Å². The number of aryl methyl sites for hydroxylation is 1. The van der Waals surface area contributed by atoms with Gasteiger partial charge in [0.25, 0.3) is 5.91 Å². The van der Waals surface area contributed by atoms with Gasteiger partial charge < -0.3 is 14.5 Å². The maximum atomic E-state index is 13.7. The maximum absolute atomic E-state index is 13.7. The molecule has 0 aliphatic heterocycles. The van der Waals surface area contributed by atoms with Crippen LogP contribution >= 0.6 is 11.6 Å². The van der Waals surface area contributed by atoms with Crippen LogP contribution < -0.4 is 0 Å². The summed E-state index contributed by atoms with van der Waals surface area (Å²) in [6, 6.07) is 5.21. The fourth-order valence-corrected chi connectivity index (χ4v) is 4.32. The second-order valence-corrected chi connectivity index (χ2v) is 11.1. The molecule has 0 radical (unpaired) electrons. The molecule has 0 atom stereocenters. The molecule has 0 saturated carbocycles. The van der Waals surface area contributed by atoms with Gasteiger partial charge in [0.15, 0.2) is 5.82 Å². The van der Waals surface area contributed by atoms with Crippen LogP contribution in [0.5, 0.6) is 0 Å². The Hall–Kier alpha value is -3.99. The number of nitrogens with zero attached hydrogens (tertiary/aromatic N) is 8. The Morgan fingerprint density at radius 1 is 1.07 bits per heavy atom. The minimum absolute atomic E-state index is 0.253. The number of ether oxygens (including phenoxy) is 1. The zero-order valence-electron chi connectivity index (χ0n) is 24.0. The lowest BCUT2D eigenvalue weighted by Gasteiger charge is -2.24. The van der Waals surface area contributed by atoms with E-state index in [-0.39, 0.29) is 11.6 Å². The smallest absolute Gasteiger partial charge is 0.410 e. The molecular formula is C28H35ClN8O3. The topological polar surface area (TPSA) is 111 Å². The Balaban J connectivity index is 1.58. The first-order valence-electron chi connectivity index (χ1n) is 13.1. The van der Waals surface area contributed by atoms with Crippen LogP contribution in [0.2, 0.25) is 5.02 Å². The van der Waals surface area contributed by atoms with Gasteiger partial charge in [0.1, 0.15) is 11.3 Å². The summed E-state index contributed by atoms with van der Waals surface area (Å²) in [7, 11) is 3.42. The van der Waals surface area contributed by atoms with E-state index in [1.54, 1.807) is 60.5 Å². The third kappa shape index (κ3) is 6.59. The van der Waals surface area contributed by atoms with Gasteiger partial charge in [0.05, 0.1) is 30.0 Å². The molecule has 1 aromatic carbocycles. The Labute approximate surface area is 238 Å². The highest BCUT2D eigenvalue weighted by Crippen LogP contribution is 2.26. The van der Waals surface area contributed by atoms with Crippen molar-refractivity contribution in [1.29, 1.82) is 0 Å². The predicted octanol–water partition coefficient (Wildman–Crippen LogP) is 4.81. The van der Waals surface area contributed by atoms with E-state index in [0.29, 0.717) is 46.9 Å². The molecule has 0 unspecified atom stereocenters. The minimum atomic E-state index is -0.568. The van der Waals surface area contributed by atoms with Crippen LogP contribution in [-0.4, -0.2) is 77.6 Å². The number of likely N-dealkylation sites (N-methyl/N-ethyl adjacent to an activating group) is 1. The summed E-state index contributed by atoms with van der Waals surface area (Å²) in [5.41, 5.74) is 2.91. The lowest BCUT2D eigenvalue weighted by Crippen LogP contribution is -2.36. The number of hydrogen-bond donors (Lipinski definition) is 0. The van der Waals surface area contributed by atoms with Gasteiger partial charge in [-0.25, -0.2) is 14.8 Å². The minimum Gasteiger partial charge on any atom is -0.444 e. The van der Waals surface area contributed by atoms with Gasteiger partial charge in [0.2, 0.25) is 0 Å². The molecule has 2 amide bonds. The van der Waals surface area contributed by atoms with Crippen molar-refractivity contribution < 1.29 is 14.3 Å². The monoisotopic (exact) mass is 566 g/mol. The SMILES string of the molecule is CCn1ncc(CN(C)C(=O)c2nc(-c3cnn(CCN(C)C(=O)OC(C)(C)C)c3)nc3ccc(Cl)cc23)c1C. The molecule has 4 rings (SSSR count). The van der Waals surface area contributed by atoms with Crippen LogP contribution in [0.3, 0.4) is 0 Å². The fraction of sp³-hybridized carbons (Fsp3) is 0.429. The van der Waals surface area contributed by atoms with Gasteiger partial charge in [-0.2, -0.15) is 10.2 Å². The summed E-state index contributed by atoms with van der Waals surface area (Å²) >= 11 is 6.28. The average molecular weight is 567 g/mol. The van der Waals surface area contributed by atoms with Gasteiger partial charge in [-0.15, -0.1) is 0 Å². The van der Waals surface area contributed by atoms with E-state index >= 15 is 0 Å². The van der Waals surface area contributed by atoms with Crippen LogP contribution in [-0.2, 0) is 24.4 Å². The second-order valence-electron chi connectivity index (χ2n) is 10.7. The van der Waals surface area contributed by atoms with E-state index in [4.69, 9.17) is 16.3 Å². The van der Waals surface area contributed by atoms with Crippen molar-refractivity contribution in [2.75, 3.05) is 20.6 Å². The van der Waals surface area contributed by atoms with Gasteiger partial charge >= 0.3 is 6.09 Å². The lowest BCUT2D eigenvalue weighted by molar-refractivity contribution is 0.0292. The average Bonchev–Trinajstić information content (AvgIpc) is 3.51. The van der Waals surface area contributed by atoms with Crippen molar-refractivity contribution in [3.63, 3.8) is 0 Å². The van der Waals surface area contributed by atoms with Crippen LogP contribution in [0.1, 0.15) is 49.4 Å². The van der Waals surface area contributed by atoms with E-state index in [1.165, 1.54) is 4.90 Å². The van der Waals surface area contributed by atoms with Crippen LogP contribution in [0.15, 0.2) is 36.8 Å². The Morgan fingerprint density at radius 2 is 1.82 bits per heavy atom. The summed E-state index contributed by atoms with van der Waals surface area (Å²) in [6.45, 7) is 11.5. The summed E-state index contributed by atoms with van der Waals surface area (Å²) < 4.78 is 9.00. The number of aromatic nitrogens is 6. The first-order chi connectivity index (χ1) is 18.9. The van der Waals surface area contributed by atoms with Gasteiger partial charge in [-0.1, -0.05) is 11.6 Å². The van der Waals surface area contributed by atoms with Crippen LogP contribution in [0.25, 0.3) is 22.3 Å². The standard InChI is InChI=1S/C28H35ClN8O3/c1-8-37-18(2)19(14-31-37)16-35(7)26(38)24-22-13-21(29)9-10-23(22)32-25(33-24)20-15-30-36(17-20)12-11-34(6)27(39)40-28(3,4)5/h9-10,13-15,17H,8,11-12,16H2,1-7H3. The lowest BCUT2D eigenvalue weighted by atomic mass is 10.1. The van der Waals surface area contributed by atoms with E-state index < -0.39 is 11.7 Å². The molecule has 0 aliphatic rings. The van der Waals surface area contributed by atoms with Crippen LogP contribution in [0, 0.1) is 6.92 Å². The van der Waals surface area contributed by atoms with E-state index in [9.17, 15) is 9.59 Å². The molecular weight excluding hydrogens is 532 g/mol. The number of fused-ring (bicyclic) bond motifs is 1. The molecule has 0 bridgehead atoms. The molecule has 0 N–H and O–H groups in total. The number of carbonyl (C=O) groups is 2. The van der Waals surface area contributed by atoms with E-state index in [2.05, 4.69) is 20.2 Å².